The molecule has 0 rings (SSSR count). The Morgan fingerprint density at radius 2 is 0.600 bits per heavy atom. The SMILES string of the molecule is CCCCCCCC/C=C\CCCCCC(=O)OC(COC(=O)CCCCCCCCCCCC)COC(=O)CCCCCCCCCCCCCCCC. The predicted molar refractivity (Wildman–Crippen MR) is 233 cm³/mol. The van der Waals surface area contributed by atoms with Gasteiger partial charge in [-0.15, -0.1) is 0 Å². The first-order chi connectivity index (χ1) is 27.0. The van der Waals surface area contributed by atoms with Crippen LogP contribution in [0.4, 0.5) is 0 Å². The van der Waals surface area contributed by atoms with Crippen molar-refractivity contribution in [3.63, 3.8) is 0 Å². The lowest BCUT2D eigenvalue weighted by molar-refractivity contribution is -0.167. The minimum Gasteiger partial charge on any atom is -0.462 e. The summed E-state index contributed by atoms with van der Waals surface area (Å²) in [5, 5.41) is 0. The fourth-order valence-electron chi connectivity index (χ4n) is 7.08. The van der Waals surface area contributed by atoms with E-state index in [1.165, 1.54) is 154 Å². The molecule has 0 radical (unpaired) electrons. The molecule has 6 nitrogen and oxygen atoms in total. The van der Waals surface area contributed by atoms with Crippen LogP contribution in [0.5, 0.6) is 0 Å². The zero-order valence-corrected chi connectivity index (χ0v) is 37.0. The van der Waals surface area contributed by atoms with Crippen LogP contribution in [0.3, 0.4) is 0 Å². The van der Waals surface area contributed by atoms with E-state index in [1.54, 1.807) is 0 Å². The largest absolute Gasteiger partial charge is 0.462 e. The van der Waals surface area contributed by atoms with Gasteiger partial charge in [-0.3, -0.25) is 14.4 Å². The number of esters is 3. The van der Waals surface area contributed by atoms with Gasteiger partial charge in [0.15, 0.2) is 6.10 Å². The van der Waals surface area contributed by atoms with Gasteiger partial charge in [-0.1, -0.05) is 213 Å². The maximum Gasteiger partial charge on any atom is 0.306 e. The molecule has 0 aromatic heterocycles. The third-order valence-corrected chi connectivity index (χ3v) is 10.8. The van der Waals surface area contributed by atoms with Crippen LogP contribution < -0.4 is 0 Å². The second-order valence-electron chi connectivity index (χ2n) is 16.4. The summed E-state index contributed by atoms with van der Waals surface area (Å²) in [6.45, 7) is 6.62. The van der Waals surface area contributed by atoms with Gasteiger partial charge in [-0.25, -0.2) is 0 Å². The highest BCUT2D eigenvalue weighted by Gasteiger charge is 2.19. The summed E-state index contributed by atoms with van der Waals surface area (Å²) in [6, 6.07) is 0. The molecule has 6 heteroatoms. The highest BCUT2D eigenvalue weighted by molar-refractivity contribution is 5.71. The van der Waals surface area contributed by atoms with E-state index in [2.05, 4.69) is 32.9 Å². The number of carbonyl (C=O) groups excluding carboxylic acids is 3. The van der Waals surface area contributed by atoms with E-state index in [9.17, 15) is 14.4 Å². The van der Waals surface area contributed by atoms with Gasteiger partial charge < -0.3 is 14.2 Å². The number of ether oxygens (including phenoxy) is 3. The summed E-state index contributed by atoms with van der Waals surface area (Å²) in [6.07, 6.45) is 47.6. The van der Waals surface area contributed by atoms with Crippen LogP contribution in [-0.2, 0) is 28.6 Å². The maximum absolute atomic E-state index is 12.7. The summed E-state index contributed by atoms with van der Waals surface area (Å²) < 4.78 is 16.7. The van der Waals surface area contributed by atoms with Crippen molar-refractivity contribution in [3.05, 3.63) is 12.2 Å². The summed E-state index contributed by atoms with van der Waals surface area (Å²) in [4.78, 5) is 37.8. The standard InChI is InChI=1S/C49H92O6/c1-4-7-10-13-16-19-22-24-26-27-30-33-36-39-42-48(51)54-45-46(44-53-47(50)41-38-35-32-29-21-18-15-12-9-6-3)55-49(52)43-40-37-34-31-28-25-23-20-17-14-11-8-5-2/h25,28,46H,4-24,26-27,29-45H2,1-3H3/b28-25-. The Morgan fingerprint density at radius 1 is 0.345 bits per heavy atom. The third kappa shape index (κ3) is 43.1. The van der Waals surface area contributed by atoms with Gasteiger partial charge in [0.2, 0.25) is 0 Å². The van der Waals surface area contributed by atoms with E-state index in [0.29, 0.717) is 19.3 Å². The van der Waals surface area contributed by atoms with Gasteiger partial charge in [0.1, 0.15) is 13.2 Å². The summed E-state index contributed by atoms with van der Waals surface area (Å²) >= 11 is 0. The minimum absolute atomic E-state index is 0.0713. The lowest BCUT2D eigenvalue weighted by Crippen LogP contribution is -2.30. The molecule has 0 aromatic rings. The number of rotatable bonds is 44. The Balaban J connectivity index is 4.34. The topological polar surface area (TPSA) is 78.9 Å². The molecule has 0 spiro atoms. The minimum atomic E-state index is -0.769. The molecule has 0 aliphatic heterocycles. The lowest BCUT2D eigenvalue weighted by Gasteiger charge is -2.18. The zero-order chi connectivity index (χ0) is 40.1. The van der Waals surface area contributed by atoms with E-state index in [1.807, 2.05) is 0 Å². The van der Waals surface area contributed by atoms with Crippen molar-refractivity contribution in [2.75, 3.05) is 13.2 Å². The number of hydrogen-bond acceptors (Lipinski definition) is 6. The molecule has 0 aliphatic carbocycles. The van der Waals surface area contributed by atoms with E-state index in [4.69, 9.17) is 14.2 Å². The molecular weight excluding hydrogens is 685 g/mol. The molecule has 0 aliphatic rings. The van der Waals surface area contributed by atoms with Crippen molar-refractivity contribution in [2.45, 2.75) is 271 Å². The monoisotopic (exact) mass is 777 g/mol. The van der Waals surface area contributed by atoms with Crippen molar-refractivity contribution in [3.8, 4) is 0 Å². The van der Waals surface area contributed by atoms with Crippen LogP contribution in [-0.4, -0.2) is 37.2 Å². The molecular formula is C49H92O6. The van der Waals surface area contributed by atoms with Gasteiger partial charge in [0, 0.05) is 19.3 Å². The maximum atomic E-state index is 12.7. The van der Waals surface area contributed by atoms with Crippen molar-refractivity contribution >= 4 is 17.9 Å². The molecule has 324 valence electrons. The first-order valence-corrected chi connectivity index (χ1v) is 24.2. The highest BCUT2D eigenvalue weighted by Crippen LogP contribution is 2.15. The summed E-state index contributed by atoms with van der Waals surface area (Å²) in [5.74, 6) is -0.877. The predicted octanol–water partition coefficient (Wildman–Crippen LogP) is 15.4. The quantitative estimate of drug-likeness (QED) is 0.0265. The van der Waals surface area contributed by atoms with Gasteiger partial charge >= 0.3 is 17.9 Å². The highest BCUT2D eigenvalue weighted by atomic mass is 16.6. The lowest BCUT2D eigenvalue weighted by atomic mass is 10.0. The van der Waals surface area contributed by atoms with Crippen LogP contribution in [0.2, 0.25) is 0 Å². The number of allylic oxidation sites excluding steroid dienone is 2. The van der Waals surface area contributed by atoms with Crippen molar-refractivity contribution in [1.29, 1.82) is 0 Å². The fraction of sp³-hybridized carbons (Fsp3) is 0.898. The molecule has 55 heavy (non-hydrogen) atoms. The first-order valence-electron chi connectivity index (χ1n) is 24.2. The molecule has 0 fully saturated rings. The molecule has 0 saturated carbocycles. The molecule has 0 N–H and O–H groups in total. The molecule has 0 bridgehead atoms. The molecule has 0 amide bonds. The molecule has 0 heterocycles. The Bertz CT molecular complexity index is 854. The third-order valence-electron chi connectivity index (χ3n) is 10.8. The van der Waals surface area contributed by atoms with Crippen LogP contribution in [0.15, 0.2) is 12.2 Å². The number of carbonyl (C=O) groups is 3. The second kappa shape index (κ2) is 44.9. The molecule has 0 saturated heterocycles. The number of hydrogen-bond donors (Lipinski definition) is 0. The van der Waals surface area contributed by atoms with Gasteiger partial charge in [0.25, 0.3) is 0 Å². The number of unbranched alkanes of at least 4 members (excludes halogenated alkanes) is 31. The van der Waals surface area contributed by atoms with Crippen molar-refractivity contribution in [2.24, 2.45) is 0 Å². The average molecular weight is 777 g/mol. The summed E-state index contributed by atoms with van der Waals surface area (Å²) in [7, 11) is 0. The van der Waals surface area contributed by atoms with Crippen LogP contribution in [0.25, 0.3) is 0 Å². The van der Waals surface area contributed by atoms with E-state index < -0.39 is 6.10 Å². The van der Waals surface area contributed by atoms with E-state index >= 15 is 0 Å². The van der Waals surface area contributed by atoms with E-state index in [-0.39, 0.29) is 31.1 Å². The Morgan fingerprint density at radius 3 is 0.927 bits per heavy atom. The fourth-order valence-corrected chi connectivity index (χ4v) is 7.08. The Hall–Kier alpha value is -1.85. The first kappa shape index (κ1) is 53.1. The smallest absolute Gasteiger partial charge is 0.306 e. The van der Waals surface area contributed by atoms with E-state index in [0.717, 1.165) is 70.6 Å². The van der Waals surface area contributed by atoms with Gasteiger partial charge in [-0.05, 0) is 44.9 Å². The molecule has 0 aromatic carbocycles. The average Bonchev–Trinajstić information content (AvgIpc) is 3.18. The van der Waals surface area contributed by atoms with Gasteiger partial charge in [-0.2, -0.15) is 0 Å². The van der Waals surface area contributed by atoms with Crippen LogP contribution in [0.1, 0.15) is 265 Å². The van der Waals surface area contributed by atoms with Crippen LogP contribution in [0, 0.1) is 0 Å². The van der Waals surface area contributed by atoms with Gasteiger partial charge in [0.05, 0.1) is 0 Å². The Labute approximate surface area is 341 Å². The summed E-state index contributed by atoms with van der Waals surface area (Å²) in [5.41, 5.74) is 0. The van der Waals surface area contributed by atoms with Crippen LogP contribution >= 0.6 is 0 Å². The van der Waals surface area contributed by atoms with Crippen molar-refractivity contribution < 1.29 is 28.6 Å². The second-order valence-corrected chi connectivity index (χ2v) is 16.4. The molecule has 1 atom stereocenters. The molecule has 1 unspecified atom stereocenters. The van der Waals surface area contributed by atoms with Crippen molar-refractivity contribution in [1.82, 2.24) is 0 Å². The normalized spacial score (nSPS) is 12.0. The zero-order valence-electron chi connectivity index (χ0n) is 37.0. The Kier molecular flexibility index (Phi) is 43.4.